The number of aliphatic imine (C=N–C) groups is 1. The summed E-state index contributed by atoms with van der Waals surface area (Å²) < 4.78 is 29.4. The van der Waals surface area contributed by atoms with Gasteiger partial charge in [0.1, 0.15) is 5.82 Å². The van der Waals surface area contributed by atoms with E-state index in [9.17, 15) is 4.39 Å². The standard InChI is InChI=1S/C21H34FN3O3.HI/c1-3-23-20(24-11-4-12-27-16-15-26-2)25-17-21(9-13-28-14-10-21)18-5-7-19(22)8-6-18;/h5-8H,3-4,9-17H2,1-2H3,(H2,23,24,25);1H. The molecule has 29 heavy (non-hydrogen) atoms. The molecule has 6 nitrogen and oxygen atoms in total. The normalized spacial score (nSPS) is 16.2. The molecule has 1 aromatic rings. The molecule has 0 spiro atoms. The number of hydrogen-bond acceptors (Lipinski definition) is 4. The molecular weight excluding hydrogens is 488 g/mol. The van der Waals surface area contributed by atoms with Gasteiger partial charge in [0.2, 0.25) is 0 Å². The fraction of sp³-hybridized carbons (Fsp3) is 0.667. The van der Waals surface area contributed by atoms with Crippen LogP contribution in [0.2, 0.25) is 0 Å². The van der Waals surface area contributed by atoms with Gasteiger partial charge in [0.25, 0.3) is 0 Å². The Morgan fingerprint density at radius 2 is 1.86 bits per heavy atom. The van der Waals surface area contributed by atoms with Crippen LogP contribution in [0.4, 0.5) is 4.39 Å². The number of nitrogens with one attached hydrogen (secondary N) is 2. The summed E-state index contributed by atoms with van der Waals surface area (Å²) in [5.41, 5.74) is 1.01. The first kappa shape index (κ1) is 26.1. The number of ether oxygens (including phenoxy) is 3. The van der Waals surface area contributed by atoms with E-state index in [1.165, 1.54) is 12.1 Å². The zero-order valence-electron chi connectivity index (χ0n) is 17.5. The molecule has 2 N–H and O–H groups in total. The highest BCUT2D eigenvalue weighted by atomic mass is 127. The lowest BCUT2D eigenvalue weighted by atomic mass is 9.74. The van der Waals surface area contributed by atoms with E-state index in [-0.39, 0.29) is 35.2 Å². The van der Waals surface area contributed by atoms with Crippen LogP contribution in [0.15, 0.2) is 29.3 Å². The molecule has 8 heteroatoms. The van der Waals surface area contributed by atoms with Crippen molar-refractivity contribution in [1.29, 1.82) is 0 Å². The van der Waals surface area contributed by atoms with E-state index in [0.717, 1.165) is 43.9 Å². The Balaban J connectivity index is 0.00000420. The van der Waals surface area contributed by atoms with Crippen LogP contribution in [0.1, 0.15) is 31.7 Å². The van der Waals surface area contributed by atoms with Gasteiger partial charge in [-0.1, -0.05) is 12.1 Å². The summed E-state index contributed by atoms with van der Waals surface area (Å²) >= 11 is 0. The number of methoxy groups -OCH3 is 1. The van der Waals surface area contributed by atoms with Gasteiger partial charge in [-0.3, -0.25) is 4.99 Å². The Kier molecular flexibility index (Phi) is 13.4. The third kappa shape index (κ3) is 9.15. The summed E-state index contributed by atoms with van der Waals surface area (Å²) in [4.78, 5) is 4.84. The molecule has 1 aromatic carbocycles. The predicted octanol–water partition coefficient (Wildman–Crippen LogP) is 3.10. The van der Waals surface area contributed by atoms with Crippen LogP contribution in [0.3, 0.4) is 0 Å². The maximum absolute atomic E-state index is 13.4. The van der Waals surface area contributed by atoms with Crippen LogP contribution < -0.4 is 10.6 Å². The summed E-state index contributed by atoms with van der Waals surface area (Å²) in [6, 6.07) is 6.83. The lowest BCUT2D eigenvalue weighted by Crippen LogP contribution is -2.41. The maximum atomic E-state index is 13.4. The lowest BCUT2D eigenvalue weighted by Gasteiger charge is -2.36. The molecule has 0 aromatic heterocycles. The third-order valence-electron chi connectivity index (χ3n) is 4.98. The van der Waals surface area contributed by atoms with Crippen LogP contribution in [0, 0.1) is 5.82 Å². The number of hydrogen-bond donors (Lipinski definition) is 2. The molecule has 0 bridgehead atoms. The summed E-state index contributed by atoms with van der Waals surface area (Å²) in [7, 11) is 1.67. The zero-order valence-corrected chi connectivity index (χ0v) is 19.9. The predicted molar refractivity (Wildman–Crippen MR) is 125 cm³/mol. The molecular formula is C21H35FIN3O3. The molecule has 166 valence electrons. The first-order valence-electron chi connectivity index (χ1n) is 10.1. The van der Waals surface area contributed by atoms with Crippen LogP contribution in [0.25, 0.3) is 0 Å². The van der Waals surface area contributed by atoms with Crippen molar-refractivity contribution in [1.82, 2.24) is 10.6 Å². The molecule has 0 saturated carbocycles. The van der Waals surface area contributed by atoms with Crippen LogP contribution >= 0.6 is 24.0 Å². The zero-order chi connectivity index (χ0) is 20.1. The van der Waals surface area contributed by atoms with Crippen molar-refractivity contribution in [3.63, 3.8) is 0 Å². The number of nitrogens with zero attached hydrogens (tertiary/aromatic N) is 1. The largest absolute Gasteiger partial charge is 0.382 e. The Hall–Kier alpha value is -0.970. The highest BCUT2D eigenvalue weighted by molar-refractivity contribution is 14.0. The number of guanidine groups is 1. The molecule has 0 amide bonds. The lowest BCUT2D eigenvalue weighted by molar-refractivity contribution is 0.0530. The average molecular weight is 523 g/mol. The van der Waals surface area contributed by atoms with Gasteiger partial charge in [0.05, 0.1) is 19.8 Å². The van der Waals surface area contributed by atoms with Gasteiger partial charge in [0.15, 0.2) is 5.96 Å². The molecule has 1 heterocycles. The summed E-state index contributed by atoms with van der Waals surface area (Å²) in [5, 5.41) is 6.66. The van der Waals surface area contributed by atoms with Crippen LogP contribution in [-0.4, -0.2) is 65.7 Å². The van der Waals surface area contributed by atoms with E-state index in [1.807, 2.05) is 12.1 Å². The summed E-state index contributed by atoms with van der Waals surface area (Å²) in [6.07, 6.45) is 2.66. The highest BCUT2D eigenvalue weighted by Gasteiger charge is 2.34. The highest BCUT2D eigenvalue weighted by Crippen LogP contribution is 2.35. The van der Waals surface area contributed by atoms with E-state index < -0.39 is 0 Å². The van der Waals surface area contributed by atoms with E-state index in [0.29, 0.717) is 39.6 Å². The first-order valence-corrected chi connectivity index (χ1v) is 10.1. The minimum Gasteiger partial charge on any atom is -0.382 e. The van der Waals surface area contributed by atoms with E-state index in [4.69, 9.17) is 19.2 Å². The Bertz CT molecular complexity index is 581. The monoisotopic (exact) mass is 523 g/mol. The topological polar surface area (TPSA) is 64.1 Å². The summed E-state index contributed by atoms with van der Waals surface area (Å²) in [6.45, 7) is 7.60. The van der Waals surface area contributed by atoms with Gasteiger partial charge in [-0.25, -0.2) is 4.39 Å². The average Bonchev–Trinajstić information content (AvgIpc) is 2.72. The Morgan fingerprint density at radius 1 is 1.14 bits per heavy atom. The molecule has 2 rings (SSSR count). The van der Waals surface area contributed by atoms with Crippen LogP contribution in [-0.2, 0) is 19.6 Å². The number of rotatable bonds is 11. The van der Waals surface area contributed by atoms with E-state index >= 15 is 0 Å². The molecule has 1 saturated heterocycles. The van der Waals surface area contributed by atoms with Gasteiger partial charge in [0, 0.05) is 45.4 Å². The first-order chi connectivity index (χ1) is 13.7. The SMILES string of the molecule is CCNC(=NCC1(c2ccc(F)cc2)CCOCC1)NCCCOCCOC.I. The van der Waals surface area contributed by atoms with E-state index in [1.54, 1.807) is 7.11 Å². The molecule has 0 atom stereocenters. The van der Waals surface area contributed by atoms with Crippen molar-refractivity contribution >= 4 is 29.9 Å². The molecule has 0 unspecified atom stereocenters. The van der Waals surface area contributed by atoms with Crippen molar-refractivity contribution in [3.05, 3.63) is 35.6 Å². The third-order valence-corrected chi connectivity index (χ3v) is 4.98. The smallest absolute Gasteiger partial charge is 0.191 e. The van der Waals surface area contributed by atoms with Gasteiger partial charge < -0.3 is 24.8 Å². The van der Waals surface area contributed by atoms with Crippen LogP contribution in [0.5, 0.6) is 0 Å². The van der Waals surface area contributed by atoms with Crippen molar-refractivity contribution < 1.29 is 18.6 Å². The molecule has 1 aliphatic heterocycles. The molecule has 0 radical (unpaired) electrons. The second-order valence-electron chi connectivity index (χ2n) is 6.98. The molecule has 1 aliphatic rings. The second kappa shape index (κ2) is 14.9. The Labute approximate surface area is 191 Å². The minimum absolute atomic E-state index is 0. The van der Waals surface area contributed by atoms with E-state index in [2.05, 4.69) is 17.6 Å². The van der Waals surface area contributed by atoms with Gasteiger partial charge >= 0.3 is 0 Å². The van der Waals surface area contributed by atoms with Crippen molar-refractivity contribution in [3.8, 4) is 0 Å². The molecule has 1 fully saturated rings. The fourth-order valence-corrected chi connectivity index (χ4v) is 3.30. The summed E-state index contributed by atoms with van der Waals surface area (Å²) in [5.74, 6) is 0.588. The van der Waals surface area contributed by atoms with Gasteiger partial charge in [-0.2, -0.15) is 0 Å². The van der Waals surface area contributed by atoms with Crippen molar-refractivity contribution in [2.24, 2.45) is 4.99 Å². The second-order valence-corrected chi connectivity index (χ2v) is 6.98. The van der Waals surface area contributed by atoms with Gasteiger partial charge in [-0.15, -0.1) is 24.0 Å². The van der Waals surface area contributed by atoms with Crippen molar-refractivity contribution in [2.75, 3.05) is 59.8 Å². The number of halogens is 2. The fourth-order valence-electron chi connectivity index (χ4n) is 3.30. The quantitative estimate of drug-likeness (QED) is 0.202. The van der Waals surface area contributed by atoms with Crippen molar-refractivity contribution in [2.45, 2.75) is 31.6 Å². The molecule has 0 aliphatic carbocycles. The Morgan fingerprint density at radius 3 is 2.52 bits per heavy atom. The maximum Gasteiger partial charge on any atom is 0.191 e. The number of benzene rings is 1. The minimum atomic E-state index is -0.211. The van der Waals surface area contributed by atoms with Gasteiger partial charge in [-0.05, 0) is 43.9 Å².